The molecular formula is C29H29F5O2. The van der Waals surface area contributed by atoms with Crippen LogP contribution in [0.25, 0.3) is 11.1 Å². The standard InChI is InChI=1S/C29H29F5O2/c1-3-4-5-19-6-15-25(35-17-19)22-9-7-20(8-10-22)21-11-13-23(14-12-21)29(33,34)36-26-16-24(30)28(32)27(31)18(26)2/h7-14,16,19,25H,3-6,15,17H2,1-2H3. The highest BCUT2D eigenvalue weighted by Gasteiger charge is 2.36. The molecule has 0 bridgehead atoms. The minimum absolute atomic E-state index is 0.0692. The zero-order chi connectivity index (χ0) is 25.9. The van der Waals surface area contributed by atoms with Gasteiger partial charge in [-0.2, -0.15) is 8.78 Å². The Morgan fingerprint density at radius 1 is 0.917 bits per heavy atom. The molecule has 1 aliphatic rings. The summed E-state index contributed by atoms with van der Waals surface area (Å²) in [6.45, 7) is 4.01. The topological polar surface area (TPSA) is 18.5 Å². The lowest BCUT2D eigenvalue weighted by Gasteiger charge is -2.29. The van der Waals surface area contributed by atoms with E-state index < -0.39 is 40.4 Å². The number of hydrogen-bond acceptors (Lipinski definition) is 2. The summed E-state index contributed by atoms with van der Waals surface area (Å²) in [5.41, 5.74) is 1.63. The van der Waals surface area contributed by atoms with Gasteiger partial charge in [-0.1, -0.05) is 56.2 Å². The molecule has 7 heteroatoms. The van der Waals surface area contributed by atoms with Gasteiger partial charge in [0, 0.05) is 11.6 Å². The number of ether oxygens (including phenoxy) is 2. The smallest absolute Gasteiger partial charge is 0.426 e. The molecule has 0 aliphatic carbocycles. The minimum atomic E-state index is -3.88. The Balaban J connectivity index is 1.42. The third-order valence-electron chi connectivity index (χ3n) is 6.77. The molecule has 36 heavy (non-hydrogen) atoms. The summed E-state index contributed by atoms with van der Waals surface area (Å²) in [4.78, 5) is 0. The number of hydrogen-bond donors (Lipinski definition) is 0. The van der Waals surface area contributed by atoms with Gasteiger partial charge in [-0.05, 0) is 60.9 Å². The van der Waals surface area contributed by atoms with Crippen molar-refractivity contribution in [1.29, 1.82) is 0 Å². The summed E-state index contributed by atoms with van der Waals surface area (Å²) in [5, 5.41) is 0. The van der Waals surface area contributed by atoms with Gasteiger partial charge >= 0.3 is 6.11 Å². The predicted octanol–water partition coefficient (Wildman–Crippen LogP) is 8.87. The Bertz CT molecular complexity index is 1170. The largest absolute Gasteiger partial charge is 0.428 e. The fourth-order valence-corrected chi connectivity index (χ4v) is 4.50. The Morgan fingerprint density at radius 3 is 2.14 bits per heavy atom. The summed E-state index contributed by atoms with van der Waals surface area (Å²) >= 11 is 0. The SMILES string of the molecule is CCCCC1CCC(c2ccc(-c3ccc(C(F)(F)Oc4cc(F)c(F)c(F)c4C)cc3)cc2)OC1. The molecule has 0 saturated carbocycles. The molecule has 0 amide bonds. The van der Waals surface area contributed by atoms with Crippen LogP contribution in [-0.4, -0.2) is 6.61 Å². The second kappa shape index (κ2) is 11.0. The Morgan fingerprint density at radius 2 is 1.56 bits per heavy atom. The predicted molar refractivity (Wildman–Crippen MR) is 128 cm³/mol. The van der Waals surface area contributed by atoms with E-state index in [1.807, 2.05) is 24.3 Å². The van der Waals surface area contributed by atoms with Crippen LogP contribution in [0.4, 0.5) is 22.0 Å². The van der Waals surface area contributed by atoms with E-state index in [1.165, 1.54) is 43.5 Å². The fourth-order valence-electron chi connectivity index (χ4n) is 4.50. The van der Waals surface area contributed by atoms with Crippen LogP contribution in [-0.2, 0) is 10.8 Å². The molecule has 1 heterocycles. The van der Waals surface area contributed by atoms with Gasteiger partial charge in [0.25, 0.3) is 0 Å². The summed E-state index contributed by atoms with van der Waals surface area (Å²) < 4.78 is 80.6. The molecule has 2 atom stereocenters. The summed E-state index contributed by atoms with van der Waals surface area (Å²) in [6.07, 6.45) is 1.96. The van der Waals surface area contributed by atoms with Gasteiger partial charge in [0.1, 0.15) is 5.75 Å². The molecule has 2 unspecified atom stereocenters. The first-order chi connectivity index (χ1) is 17.2. The van der Waals surface area contributed by atoms with Gasteiger partial charge in [-0.15, -0.1) is 0 Å². The highest BCUT2D eigenvalue weighted by atomic mass is 19.3. The van der Waals surface area contributed by atoms with Crippen LogP contribution in [0.5, 0.6) is 5.75 Å². The molecule has 1 fully saturated rings. The lowest BCUT2D eigenvalue weighted by atomic mass is 9.91. The van der Waals surface area contributed by atoms with Crippen molar-refractivity contribution in [3.05, 3.63) is 88.7 Å². The van der Waals surface area contributed by atoms with Crippen molar-refractivity contribution < 1.29 is 31.4 Å². The maximum Gasteiger partial charge on any atom is 0.426 e. The molecule has 1 saturated heterocycles. The van der Waals surface area contributed by atoms with E-state index in [4.69, 9.17) is 4.74 Å². The van der Waals surface area contributed by atoms with Crippen molar-refractivity contribution in [2.24, 2.45) is 5.92 Å². The number of halogens is 5. The van der Waals surface area contributed by atoms with Gasteiger partial charge in [0.2, 0.25) is 0 Å². The number of alkyl halides is 2. The third kappa shape index (κ3) is 5.72. The van der Waals surface area contributed by atoms with Crippen molar-refractivity contribution in [3.63, 3.8) is 0 Å². The normalized spacial score (nSPS) is 18.3. The van der Waals surface area contributed by atoms with Gasteiger partial charge in [0.05, 0.1) is 18.3 Å². The molecule has 0 N–H and O–H groups in total. The highest BCUT2D eigenvalue weighted by molar-refractivity contribution is 5.64. The van der Waals surface area contributed by atoms with Crippen molar-refractivity contribution >= 4 is 0 Å². The van der Waals surface area contributed by atoms with Gasteiger partial charge in [-0.3, -0.25) is 0 Å². The van der Waals surface area contributed by atoms with Crippen LogP contribution >= 0.6 is 0 Å². The molecule has 2 nitrogen and oxygen atoms in total. The molecule has 0 radical (unpaired) electrons. The monoisotopic (exact) mass is 504 g/mol. The van der Waals surface area contributed by atoms with Crippen molar-refractivity contribution in [2.45, 2.75) is 58.2 Å². The first-order valence-corrected chi connectivity index (χ1v) is 12.2. The molecule has 0 aromatic heterocycles. The van der Waals surface area contributed by atoms with E-state index in [2.05, 4.69) is 11.7 Å². The molecule has 0 spiro atoms. The maximum atomic E-state index is 14.7. The van der Waals surface area contributed by atoms with Crippen LogP contribution in [0.15, 0.2) is 54.6 Å². The highest BCUT2D eigenvalue weighted by Crippen LogP contribution is 2.37. The molecular weight excluding hydrogens is 475 g/mol. The quantitative estimate of drug-likeness (QED) is 0.225. The number of unbranched alkanes of at least 4 members (excludes halogenated alkanes) is 1. The lowest BCUT2D eigenvalue weighted by Crippen LogP contribution is -2.22. The van der Waals surface area contributed by atoms with Crippen LogP contribution in [0.3, 0.4) is 0 Å². The van der Waals surface area contributed by atoms with Crippen LogP contribution in [0, 0.1) is 30.3 Å². The second-order valence-corrected chi connectivity index (χ2v) is 9.34. The number of rotatable bonds is 8. The van der Waals surface area contributed by atoms with Gasteiger partial charge in [0.15, 0.2) is 17.5 Å². The zero-order valence-electron chi connectivity index (χ0n) is 20.3. The summed E-state index contributed by atoms with van der Waals surface area (Å²) in [6, 6.07) is 13.7. The van der Waals surface area contributed by atoms with Gasteiger partial charge in [-0.25, -0.2) is 13.2 Å². The second-order valence-electron chi connectivity index (χ2n) is 9.34. The number of benzene rings is 3. The molecule has 1 aliphatic heterocycles. The average molecular weight is 505 g/mol. The fraction of sp³-hybridized carbons (Fsp3) is 0.379. The minimum Gasteiger partial charge on any atom is -0.428 e. The Kier molecular flexibility index (Phi) is 7.98. The van der Waals surface area contributed by atoms with Gasteiger partial charge < -0.3 is 9.47 Å². The summed E-state index contributed by atoms with van der Waals surface area (Å²) in [7, 11) is 0. The first kappa shape index (κ1) is 26.1. The zero-order valence-corrected chi connectivity index (χ0v) is 20.3. The van der Waals surface area contributed by atoms with Crippen LogP contribution in [0.2, 0.25) is 0 Å². The molecule has 3 aromatic carbocycles. The molecule has 4 rings (SSSR count). The molecule has 192 valence electrons. The Labute approximate surface area is 208 Å². The van der Waals surface area contributed by atoms with Crippen molar-refractivity contribution in [2.75, 3.05) is 6.61 Å². The van der Waals surface area contributed by atoms with E-state index in [9.17, 15) is 22.0 Å². The van der Waals surface area contributed by atoms with E-state index in [0.29, 0.717) is 12.0 Å². The van der Waals surface area contributed by atoms with Crippen LogP contribution in [0.1, 0.15) is 61.8 Å². The van der Waals surface area contributed by atoms with E-state index in [0.717, 1.165) is 43.1 Å². The van der Waals surface area contributed by atoms with Crippen molar-refractivity contribution in [3.8, 4) is 16.9 Å². The maximum absolute atomic E-state index is 14.7. The average Bonchev–Trinajstić information content (AvgIpc) is 2.89. The van der Waals surface area contributed by atoms with Crippen molar-refractivity contribution in [1.82, 2.24) is 0 Å². The third-order valence-corrected chi connectivity index (χ3v) is 6.77. The summed E-state index contributed by atoms with van der Waals surface area (Å²) in [5.74, 6) is -5.03. The van der Waals surface area contributed by atoms with E-state index in [1.54, 1.807) is 0 Å². The Hall–Kier alpha value is -2.93. The lowest BCUT2D eigenvalue weighted by molar-refractivity contribution is -0.186. The van der Waals surface area contributed by atoms with Crippen LogP contribution < -0.4 is 4.74 Å². The van der Waals surface area contributed by atoms with E-state index in [-0.39, 0.29) is 6.10 Å². The molecule has 3 aromatic rings. The first-order valence-electron chi connectivity index (χ1n) is 12.2. The van der Waals surface area contributed by atoms with E-state index >= 15 is 0 Å².